The third-order valence-electron chi connectivity index (χ3n) is 2.96. The molecule has 0 aliphatic carbocycles. The second kappa shape index (κ2) is 4.82. The number of benzene rings is 1. The number of aryl methyl sites for hydroxylation is 3. The highest BCUT2D eigenvalue weighted by Crippen LogP contribution is 2.19. The molecule has 1 heteroatoms. The quantitative estimate of drug-likeness (QED) is 0.753. The van der Waals surface area contributed by atoms with Gasteiger partial charge in [-0.3, -0.25) is 4.79 Å². The summed E-state index contributed by atoms with van der Waals surface area (Å²) in [5.74, 6) is 0.341. The fraction of sp³-hybridized carbons (Fsp3) is 0.533. The van der Waals surface area contributed by atoms with E-state index in [2.05, 4.69) is 32.0 Å². The lowest BCUT2D eigenvalue weighted by molar-refractivity contribution is -0.126. The maximum absolute atomic E-state index is 11.8. The van der Waals surface area contributed by atoms with Crippen LogP contribution >= 0.6 is 0 Å². The van der Waals surface area contributed by atoms with Crippen LogP contribution in [-0.2, 0) is 11.2 Å². The van der Waals surface area contributed by atoms with Crippen LogP contribution in [0.1, 0.15) is 43.9 Å². The van der Waals surface area contributed by atoms with Crippen LogP contribution in [0.3, 0.4) is 0 Å². The molecular formula is C15H22O. The molecule has 1 nitrogen and oxygen atoms in total. The van der Waals surface area contributed by atoms with Crippen LogP contribution in [0.2, 0.25) is 0 Å². The van der Waals surface area contributed by atoms with Crippen LogP contribution in [0.15, 0.2) is 18.2 Å². The predicted molar refractivity (Wildman–Crippen MR) is 68.7 cm³/mol. The minimum Gasteiger partial charge on any atom is -0.299 e. The number of hydrogen-bond acceptors (Lipinski definition) is 1. The molecule has 16 heavy (non-hydrogen) atoms. The Kier molecular flexibility index (Phi) is 3.90. The van der Waals surface area contributed by atoms with Gasteiger partial charge in [-0.1, -0.05) is 44.5 Å². The van der Waals surface area contributed by atoms with Crippen molar-refractivity contribution in [1.29, 1.82) is 0 Å². The van der Waals surface area contributed by atoms with Crippen LogP contribution in [0.5, 0.6) is 0 Å². The summed E-state index contributed by atoms with van der Waals surface area (Å²) in [4.78, 5) is 11.8. The van der Waals surface area contributed by atoms with Gasteiger partial charge in [0.2, 0.25) is 0 Å². The third-order valence-corrected chi connectivity index (χ3v) is 2.96. The van der Waals surface area contributed by atoms with E-state index in [9.17, 15) is 4.79 Å². The second-order valence-electron chi connectivity index (χ2n) is 5.60. The smallest absolute Gasteiger partial charge is 0.138 e. The van der Waals surface area contributed by atoms with Crippen molar-refractivity contribution in [1.82, 2.24) is 0 Å². The highest BCUT2D eigenvalue weighted by Gasteiger charge is 2.20. The van der Waals surface area contributed by atoms with Crippen molar-refractivity contribution in [2.75, 3.05) is 0 Å². The Morgan fingerprint density at radius 3 is 2.38 bits per heavy atom. The topological polar surface area (TPSA) is 17.1 Å². The zero-order chi connectivity index (χ0) is 12.3. The molecule has 1 aromatic carbocycles. The number of rotatable bonds is 3. The molecule has 0 atom stereocenters. The van der Waals surface area contributed by atoms with Gasteiger partial charge >= 0.3 is 0 Å². The van der Waals surface area contributed by atoms with Gasteiger partial charge in [0, 0.05) is 11.8 Å². The van der Waals surface area contributed by atoms with Crippen molar-refractivity contribution in [3.8, 4) is 0 Å². The average molecular weight is 218 g/mol. The van der Waals surface area contributed by atoms with Gasteiger partial charge in [-0.05, 0) is 31.4 Å². The molecule has 0 saturated heterocycles. The Labute approximate surface area is 98.9 Å². The van der Waals surface area contributed by atoms with E-state index in [1.165, 1.54) is 16.7 Å². The summed E-state index contributed by atoms with van der Waals surface area (Å²) in [6.45, 7) is 10.2. The lowest BCUT2D eigenvalue weighted by Crippen LogP contribution is -2.20. The Balaban J connectivity index is 2.68. The van der Waals surface area contributed by atoms with Gasteiger partial charge in [0.1, 0.15) is 5.78 Å². The van der Waals surface area contributed by atoms with Gasteiger partial charge in [0.15, 0.2) is 0 Å². The van der Waals surface area contributed by atoms with Crippen molar-refractivity contribution < 1.29 is 4.79 Å². The molecule has 0 unspecified atom stereocenters. The average Bonchev–Trinajstić information content (AvgIpc) is 2.17. The van der Waals surface area contributed by atoms with E-state index in [4.69, 9.17) is 0 Å². The summed E-state index contributed by atoms with van der Waals surface area (Å²) in [6.07, 6.45) is 1.51. The van der Waals surface area contributed by atoms with E-state index in [0.29, 0.717) is 12.2 Å². The highest BCUT2D eigenvalue weighted by molar-refractivity contribution is 5.83. The van der Waals surface area contributed by atoms with Crippen LogP contribution in [0.4, 0.5) is 0 Å². The first-order valence-corrected chi connectivity index (χ1v) is 5.90. The maximum Gasteiger partial charge on any atom is 0.138 e. The summed E-state index contributed by atoms with van der Waals surface area (Å²) in [6, 6.07) is 6.43. The number of Topliss-reactive ketones (excluding diaryl/α,β-unsaturated/α-hetero) is 1. The zero-order valence-electron chi connectivity index (χ0n) is 11.1. The van der Waals surface area contributed by atoms with Crippen molar-refractivity contribution in [2.45, 2.75) is 47.5 Å². The van der Waals surface area contributed by atoms with Gasteiger partial charge < -0.3 is 0 Å². The first-order chi connectivity index (χ1) is 7.30. The molecule has 0 N–H and O–H groups in total. The maximum atomic E-state index is 11.8. The minimum absolute atomic E-state index is 0.211. The summed E-state index contributed by atoms with van der Waals surface area (Å²) in [7, 11) is 0. The fourth-order valence-electron chi connectivity index (χ4n) is 1.69. The van der Waals surface area contributed by atoms with Gasteiger partial charge in [0.05, 0.1) is 0 Å². The van der Waals surface area contributed by atoms with Gasteiger partial charge in [0.25, 0.3) is 0 Å². The Morgan fingerprint density at radius 1 is 1.19 bits per heavy atom. The molecule has 0 radical (unpaired) electrons. The molecule has 0 amide bonds. The number of hydrogen-bond donors (Lipinski definition) is 0. The summed E-state index contributed by atoms with van der Waals surface area (Å²) >= 11 is 0. The highest BCUT2D eigenvalue weighted by atomic mass is 16.1. The van der Waals surface area contributed by atoms with Gasteiger partial charge in [-0.15, -0.1) is 0 Å². The SMILES string of the molecule is Cc1ccc(C)c(CCC(=O)C(C)(C)C)c1. The van der Waals surface area contributed by atoms with Crippen LogP contribution in [0.25, 0.3) is 0 Å². The number of carbonyl (C=O) groups is 1. The molecule has 0 saturated carbocycles. The second-order valence-corrected chi connectivity index (χ2v) is 5.60. The van der Waals surface area contributed by atoms with Crippen molar-refractivity contribution >= 4 is 5.78 Å². The van der Waals surface area contributed by atoms with Crippen LogP contribution in [0, 0.1) is 19.3 Å². The minimum atomic E-state index is -0.211. The lowest BCUT2D eigenvalue weighted by Gasteiger charge is -2.16. The molecule has 1 rings (SSSR count). The summed E-state index contributed by atoms with van der Waals surface area (Å²) in [5, 5.41) is 0. The first kappa shape index (κ1) is 13.0. The van der Waals surface area contributed by atoms with Crippen molar-refractivity contribution in [2.24, 2.45) is 5.41 Å². The number of carbonyl (C=O) groups excluding carboxylic acids is 1. The summed E-state index contributed by atoms with van der Waals surface area (Å²) < 4.78 is 0. The van der Waals surface area contributed by atoms with E-state index in [0.717, 1.165) is 6.42 Å². The van der Waals surface area contributed by atoms with Gasteiger partial charge in [-0.2, -0.15) is 0 Å². The normalized spacial score (nSPS) is 11.6. The predicted octanol–water partition coefficient (Wildman–Crippen LogP) is 3.85. The molecule has 0 spiro atoms. The molecule has 0 fully saturated rings. The number of ketones is 1. The zero-order valence-corrected chi connectivity index (χ0v) is 11.1. The molecule has 0 aliphatic rings. The van der Waals surface area contributed by atoms with Crippen LogP contribution < -0.4 is 0 Å². The molecule has 0 bridgehead atoms. The summed E-state index contributed by atoms with van der Waals surface area (Å²) in [5.41, 5.74) is 3.64. The van der Waals surface area contributed by atoms with E-state index < -0.39 is 0 Å². The van der Waals surface area contributed by atoms with E-state index in [-0.39, 0.29) is 5.41 Å². The molecular weight excluding hydrogens is 196 g/mol. The van der Waals surface area contributed by atoms with Crippen molar-refractivity contribution in [3.05, 3.63) is 34.9 Å². The monoisotopic (exact) mass is 218 g/mol. The lowest BCUT2D eigenvalue weighted by atomic mass is 9.87. The molecule has 0 heterocycles. The largest absolute Gasteiger partial charge is 0.299 e. The van der Waals surface area contributed by atoms with Crippen LogP contribution in [-0.4, -0.2) is 5.78 Å². The molecule has 1 aromatic rings. The van der Waals surface area contributed by atoms with Crippen molar-refractivity contribution in [3.63, 3.8) is 0 Å². The fourth-order valence-corrected chi connectivity index (χ4v) is 1.69. The Bertz CT molecular complexity index is 383. The Morgan fingerprint density at radius 2 is 1.81 bits per heavy atom. The standard InChI is InChI=1S/C15H22O/c1-11-6-7-12(2)13(10-11)8-9-14(16)15(3,4)5/h6-7,10H,8-9H2,1-5H3. The van der Waals surface area contributed by atoms with E-state index >= 15 is 0 Å². The molecule has 0 aliphatic heterocycles. The first-order valence-electron chi connectivity index (χ1n) is 5.90. The molecule has 88 valence electrons. The Hall–Kier alpha value is -1.11. The van der Waals surface area contributed by atoms with E-state index in [1.807, 2.05) is 20.8 Å². The molecule has 0 aromatic heterocycles. The van der Waals surface area contributed by atoms with Gasteiger partial charge in [-0.25, -0.2) is 0 Å². The third kappa shape index (κ3) is 3.48. The van der Waals surface area contributed by atoms with E-state index in [1.54, 1.807) is 0 Å².